The van der Waals surface area contributed by atoms with Crippen LogP contribution < -0.4 is 16.0 Å². The standard InChI is InChI=1S/C26H42N4O3S/c1-20(2)16-25(32)27-15-11-7-10-14-24(31)29-19-26(33)28-18-22(4)30(34-5)21(3)17-23-12-8-6-9-13-23/h6,8-9,12-13,20-21H,4,7,10-11,14-19H2,1-3,5H3,(H,27,32)(H,28,33)(H,29,31). The number of hydrogen-bond acceptors (Lipinski definition) is 5. The van der Waals surface area contributed by atoms with E-state index in [1.54, 1.807) is 11.9 Å². The van der Waals surface area contributed by atoms with Crippen LogP contribution in [0.15, 0.2) is 42.6 Å². The first-order valence-corrected chi connectivity index (χ1v) is 13.3. The summed E-state index contributed by atoms with van der Waals surface area (Å²) in [6.07, 6.45) is 6.22. The van der Waals surface area contributed by atoms with Gasteiger partial charge in [-0.05, 0) is 37.7 Å². The highest BCUT2D eigenvalue weighted by atomic mass is 32.2. The molecule has 1 aromatic rings. The first-order valence-electron chi connectivity index (χ1n) is 12.1. The number of rotatable bonds is 17. The third kappa shape index (κ3) is 13.3. The second-order valence-electron chi connectivity index (χ2n) is 8.93. The molecule has 8 heteroatoms. The molecule has 3 N–H and O–H groups in total. The SMILES string of the molecule is C=C(CNC(=O)CNC(=O)CCCCCNC(=O)CC(C)C)N(SC)C(C)Cc1ccccc1. The van der Waals surface area contributed by atoms with Gasteiger partial charge in [-0.3, -0.25) is 14.4 Å². The zero-order valence-electron chi connectivity index (χ0n) is 21.2. The van der Waals surface area contributed by atoms with Crippen molar-refractivity contribution in [3.8, 4) is 0 Å². The summed E-state index contributed by atoms with van der Waals surface area (Å²) in [5.41, 5.74) is 2.07. The van der Waals surface area contributed by atoms with Crippen molar-refractivity contribution in [1.29, 1.82) is 0 Å². The molecule has 0 aliphatic rings. The molecule has 0 radical (unpaired) electrons. The van der Waals surface area contributed by atoms with Gasteiger partial charge in [0.15, 0.2) is 0 Å². The predicted octanol–water partition coefficient (Wildman–Crippen LogP) is 3.67. The van der Waals surface area contributed by atoms with Gasteiger partial charge in [-0.15, -0.1) is 0 Å². The number of hydrogen-bond donors (Lipinski definition) is 3. The molecule has 0 saturated heterocycles. The quantitative estimate of drug-likeness (QED) is 0.229. The summed E-state index contributed by atoms with van der Waals surface area (Å²) in [5.74, 6) is 0.0542. The molecule has 1 aromatic carbocycles. The third-order valence-corrected chi connectivity index (χ3v) is 6.23. The monoisotopic (exact) mass is 490 g/mol. The summed E-state index contributed by atoms with van der Waals surface area (Å²) in [4.78, 5) is 35.7. The summed E-state index contributed by atoms with van der Waals surface area (Å²) in [6, 6.07) is 10.5. The minimum absolute atomic E-state index is 0.0454. The van der Waals surface area contributed by atoms with Gasteiger partial charge in [0.25, 0.3) is 0 Å². The van der Waals surface area contributed by atoms with Crippen molar-refractivity contribution in [2.24, 2.45) is 5.92 Å². The number of carbonyl (C=O) groups excluding carboxylic acids is 3. The molecule has 1 atom stereocenters. The van der Waals surface area contributed by atoms with Crippen LogP contribution in [-0.4, -0.2) is 54.0 Å². The first kappa shape index (κ1) is 29.6. The van der Waals surface area contributed by atoms with Gasteiger partial charge < -0.3 is 20.3 Å². The molecule has 0 aromatic heterocycles. The molecule has 190 valence electrons. The van der Waals surface area contributed by atoms with Crippen LogP contribution in [0.5, 0.6) is 0 Å². The Morgan fingerprint density at radius 1 is 0.912 bits per heavy atom. The smallest absolute Gasteiger partial charge is 0.239 e. The van der Waals surface area contributed by atoms with E-state index in [2.05, 4.69) is 45.9 Å². The van der Waals surface area contributed by atoms with Crippen LogP contribution in [-0.2, 0) is 20.8 Å². The molecule has 7 nitrogen and oxygen atoms in total. The van der Waals surface area contributed by atoms with E-state index in [4.69, 9.17) is 0 Å². The molecular weight excluding hydrogens is 448 g/mol. The topological polar surface area (TPSA) is 90.5 Å². The van der Waals surface area contributed by atoms with Crippen molar-refractivity contribution < 1.29 is 14.4 Å². The van der Waals surface area contributed by atoms with Crippen molar-refractivity contribution in [2.75, 3.05) is 25.9 Å². The zero-order valence-corrected chi connectivity index (χ0v) is 22.0. The van der Waals surface area contributed by atoms with Crippen LogP contribution in [0.2, 0.25) is 0 Å². The highest BCUT2D eigenvalue weighted by Crippen LogP contribution is 2.20. The summed E-state index contributed by atoms with van der Waals surface area (Å²) in [7, 11) is 0. The summed E-state index contributed by atoms with van der Waals surface area (Å²) < 4.78 is 2.11. The van der Waals surface area contributed by atoms with E-state index in [-0.39, 0.29) is 30.3 Å². The van der Waals surface area contributed by atoms with Crippen molar-refractivity contribution in [3.05, 3.63) is 48.2 Å². The van der Waals surface area contributed by atoms with E-state index in [1.807, 2.05) is 38.3 Å². The van der Waals surface area contributed by atoms with E-state index in [9.17, 15) is 14.4 Å². The average molecular weight is 491 g/mol. The van der Waals surface area contributed by atoms with Crippen molar-refractivity contribution in [1.82, 2.24) is 20.3 Å². The van der Waals surface area contributed by atoms with E-state index in [0.29, 0.717) is 31.8 Å². The fourth-order valence-corrected chi connectivity index (χ4v) is 4.28. The fraction of sp³-hybridized carbons (Fsp3) is 0.577. The molecule has 0 spiro atoms. The second-order valence-corrected chi connectivity index (χ2v) is 9.68. The molecule has 3 amide bonds. The van der Waals surface area contributed by atoms with Crippen molar-refractivity contribution in [2.45, 2.75) is 65.3 Å². The average Bonchev–Trinajstić information content (AvgIpc) is 2.79. The summed E-state index contributed by atoms with van der Waals surface area (Å²) in [5, 5.41) is 8.39. The third-order valence-electron chi connectivity index (χ3n) is 5.21. The predicted molar refractivity (Wildman–Crippen MR) is 141 cm³/mol. The molecule has 0 saturated carbocycles. The normalized spacial score (nSPS) is 11.6. The molecule has 0 fully saturated rings. The lowest BCUT2D eigenvalue weighted by molar-refractivity contribution is -0.126. The first-order chi connectivity index (χ1) is 16.2. The largest absolute Gasteiger partial charge is 0.356 e. The number of benzene rings is 1. The van der Waals surface area contributed by atoms with Gasteiger partial charge in [-0.25, -0.2) is 0 Å². The minimum atomic E-state index is -0.237. The van der Waals surface area contributed by atoms with Gasteiger partial charge in [-0.1, -0.05) is 69.1 Å². The van der Waals surface area contributed by atoms with E-state index >= 15 is 0 Å². The summed E-state index contributed by atoms with van der Waals surface area (Å²) in [6.45, 7) is 11.2. The highest BCUT2D eigenvalue weighted by Gasteiger charge is 2.16. The molecule has 0 heterocycles. The van der Waals surface area contributed by atoms with Crippen LogP contribution >= 0.6 is 11.9 Å². The lowest BCUT2D eigenvalue weighted by Crippen LogP contribution is -2.40. The minimum Gasteiger partial charge on any atom is -0.356 e. The maximum atomic E-state index is 12.1. The Morgan fingerprint density at radius 2 is 1.59 bits per heavy atom. The van der Waals surface area contributed by atoms with Crippen LogP contribution in [0.4, 0.5) is 0 Å². The molecule has 1 unspecified atom stereocenters. The van der Waals surface area contributed by atoms with Crippen LogP contribution in [0, 0.1) is 5.92 Å². The van der Waals surface area contributed by atoms with Gasteiger partial charge in [0.1, 0.15) is 0 Å². The van der Waals surface area contributed by atoms with Crippen LogP contribution in [0.3, 0.4) is 0 Å². The zero-order chi connectivity index (χ0) is 25.3. The fourth-order valence-electron chi connectivity index (χ4n) is 3.53. The lowest BCUT2D eigenvalue weighted by Gasteiger charge is -2.30. The number of unbranched alkanes of at least 4 members (excludes halogenated alkanes) is 2. The Balaban J connectivity index is 2.18. The second kappa shape index (κ2) is 17.0. The highest BCUT2D eigenvalue weighted by molar-refractivity contribution is 7.96. The Labute approximate surface area is 209 Å². The summed E-state index contributed by atoms with van der Waals surface area (Å²) >= 11 is 1.58. The Kier molecular flexibility index (Phi) is 14.8. The van der Waals surface area contributed by atoms with E-state index in [1.165, 1.54) is 5.56 Å². The van der Waals surface area contributed by atoms with Crippen LogP contribution in [0.25, 0.3) is 0 Å². The molecule has 0 bridgehead atoms. The molecule has 0 aliphatic heterocycles. The molecule has 0 aliphatic carbocycles. The van der Waals surface area contributed by atoms with Gasteiger partial charge in [-0.2, -0.15) is 0 Å². The number of nitrogens with zero attached hydrogens (tertiary/aromatic N) is 1. The number of nitrogens with one attached hydrogen (secondary N) is 3. The molecule has 34 heavy (non-hydrogen) atoms. The van der Waals surface area contributed by atoms with Gasteiger partial charge in [0, 0.05) is 37.4 Å². The Morgan fingerprint density at radius 3 is 2.24 bits per heavy atom. The van der Waals surface area contributed by atoms with Crippen LogP contribution in [0.1, 0.15) is 58.4 Å². The Hall–Kier alpha value is -2.48. The molecule has 1 rings (SSSR count). The van der Waals surface area contributed by atoms with Crippen molar-refractivity contribution in [3.63, 3.8) is 0 Å². The van der Waals surface area contributed by atoms with Gasteiger partial charge in [0.2, 0.25) is 17.7 Å². The van der Waals surface area contributed by atoms with E-state index in [0.717, 1.165) is 31.4 Å². The number of amides is 3. The van der Waals surface area contributed by atoms with E-state index < -0.39 is 0 Å². The number of carbonyl (C=O) groups is 3. The van der Waals surface area contributed by atoms with Crippen molar-refractivity contribution >= 4 is 29.7 Å². The van der Waals surface area contributed by atoms with Gasteiger partial charge in [0.05, 0.1) is 13.1 Å². The maximum absolute atomic E-state index is 12.1. The van der Waals surface area contributed by atoms with Gasteiger partial charge >= 0.3 is 0 Å². The molecular formula is C26H42N4O3S. The lowest BCUT2D eigenvalue weighted by atomic mass is 10.1. The Bertz CT molecular complexity index is 771. The maximum Gasteiger partial charge on any atom is 0.239 e.